The fourth-order valence-electron chi connectivity index (χ4n) is 5.09. The van der Waals surface area contributed by atoms with Gasteiger partial charge in [0.25, 0.3) is 11.8 Å². The molecule has 0 spiro atoms. The molecule has 180 valence electrons. The molecule has 3 amide bonds. The third-order valence-electron chi connectivity index (χ3n) is 7.07. The summed E-state index contributed by atoms with van der Waals surface area (Å²) in [6.07, 6.45) is 6.02. The number of anilines is 1. The van der Waals surface area contributed by atoms with Crippen LogP contribution in [0.4, 0.5) is 5.69 Å². The minimum absolute atomic E-state index is 0.0170. The van der Waals surface area contributed by atoms with Crippen molar-refractivity contribution in [3.63, 3.8) is 0 Å². The van der Waals surface area contributed by atoms with Crippen molar-refractivity contribution in [1.29, 1.82) is 0 Å². The van der Waals surface area contributed by atoms with Gasteiger partial charge in [-0.2, -0.15) is 0 Å². The molecule has 0 radical (unpaired) electrons. The first-order valence-corrected chi connectivity index (χ1v) is 12.3. The molecule has 1 aliphatic heterocycles. The molecule has 2 fully saturated rings. The zero-order valence-corrected chi connectivity index (χ0v) is 20.3. The number of rotatable bonds is 6. The van der Waals surface area contributed by atoms with Crippen LogP contribution < -0.4 is 9.64 Å². The van der Waals surface area contributed by atoms with Crippen molar-refractivity contribution in [2.75, 3.05) is 12.0 Å². The molecular formula is C28H34N2O4. The molecule has 0 aromatic heterocycles. The number of amides is 3. The summed E-state index contributed by atoms with van der Waals surface area (Å²) in [6, 6.07) is 13.7. The second-order valence-corrected chi connectivity index (χ2v) is 9.62. The molecule has 2 aliphatic rings. The molecule has 1 saturated carbocycles. The van der Waals surface area contributed by atoms with Crippen LogP contribution in [0.1, 0.15) is 80.6 Å². The number of hydrogen-bond donors (Lipinski definition) is 0. The fraction of sp³-hybridized carbons (Fsp3) is 0.464. The topological polar surface area (TPSA) is 66.9 Å². The van der Waals surface area contributed by atoms with E-state index in [9.17, 15) is 14.4 Å². The van der Waals surface area contributed by atoms with E-state index in [1.165, 1.54) is 4.90 Å². The van der Waals surface area contributed by atoms with Crippen LogP contribution in [0.2, 0.25) is 0 Å². The Morgan fingerprint density at radius 1 is 0.941 bits per heavy atom. The largest absolute Gasteiger partial charge is 0.497 e. The quantitative estimate of drug-likeness (QED) is 0.431. The number of imide groups is 1. The van der Waals surface area contributed by atoms with E-state index in [0.717, 1.165) is 44.1 Å². The zero-order chi connectivity index (χ0) is 24.2. The van der Waals surface area contributed by atoms with Gasteiger partial charge in [-0.3, -0.25) is 14.4 Å². The highest BCUT2D eigenvalue weighted by atomic mass is 16.5. The van der Waals surface area contributed by atoms with Crippen molar-refractivity contribution in [1.82, 2.24) is 4.90 Å². The maximum Gasteiger partial charge on any atom is 0.257 e. The Balaban J connectivity index is 1.65. The highest BCUT2D eigenvalue weighted by Crippen LogP contribution is 2.32. The van der Waals surface area contributed by atoms with Crippen molar-refractivity contribution in [2.24, 2.45) is 0 Å². The van der Waals surface area contributed by atoms with Crippen LogP contribution in [0.5, 0.6) is 5.75 Å². The maximum atomic E-state index is 13.8. The van der Waals surface area contributed by atoms with Gasteiger partial charge in [-0.05, 0) is 60.7 Å². The lowest BCUT2D eigenvalue weighted by Crippen LogP contribution is -2.50. The van der Waals surface area contributed by atoms with Crippen molar-refractivity contribution in [3.05, 3.63) is 59.7 Å². The van der Waals surface area contributed by atoms with Gasteiger partial charge in [0.15, 0.2) is 0 Å². The fourth-order valence-corrected chi connectivity index (χ4v) is 5.09. The lowest BCUT2D eigenvalue weighted by molar-refractivity contribution is -0.123. The number of hydrogen-bond acceptors (Lipinski definition) is 4. The summed E-state index contributed by atoms with van der Waals surface area (Å²) < 4.78 is 5.23. The molecule has 1 aliphatic carbocycles. The maximum absolute atomic E-state index is 13.8. The monoisotopic (exact) mass is 462 g/mol. The molecule has 6 nitrogen and oxygen atoms in total. The summed E-state index contributed by atoms with van der Waals surface area (Å²) in [4.78, 5) is 43.4. The number of nitrogens with zero attached hydrogens (tertiary/aromatic N) is 2. The van der Waals surface area contributed by atoms with Crippen molar-refractivity contribution in [3.8, 4) is 5.75 Å². The van der Waals surface area contributed by atoms with Gasteiger partial charge in [-0.25, -0.2) is 4.90 Å². The Morgan fingerprint density at radius 2 is 1.56 bits per heavy atom. The zero-order valence-electron chi connectivity index (χ0n) is 20.3. The summed E-state index contributed by atoms with van der Waals surface area (Å²) in [5.41, 5.74) is 2.22. The summed E-state index contributed by atoms with van der Waals surface area (Å²) in [5.74, 6) is 0.264. The second-order valence-electron chi connectivity index (χ2n) is 9.62. The summed E-state index contributed by atoms with van der Waals surface area (Å²) in [7, 11) is 1.58. The van der Waals surface area contributed by atoms with Crippen molar-refractivity contribution in [2.45, 2.75) is 76.8 Å². The number of methoxy groups -OCH3 is 1. The van der Waals surface area contributed by atoms with Crippen LogP contribution in [0.25, 0.3) is 0 Å². The van der Waals surface area contributed by atoms with Gasteiger partial charge in [0.05, 0.1) is 19.2 Å². The van der Waals surface area contributed by atoms with E-state index >= 15 is 0 Å². The SMILES string of the molecule is COc1ccc(C(=O)N(C2CCCCCC2)C2CC(=O)N(c3ccc(C(C)C)cc3)C2=O)cc1. The van der Waals surface area contributed by atoms with E-state index in [4.69, 9.17) is 4.74 Å². The first-order valence-electron chi connectivity index (χ1n) is 12.3. The minimum Gasteiger partial charge on any atom is -0.497 e. The van der Waals surface area contributed by atoms with Crippen molar-refractivity contribution >= 4 is 23.4 Å². The highest BCUT2D eigenvalue weighted by molar-refractivity contribution is 6.23. The summed E-state index contributed by atoms with van der Waals surface area (Å²) >= 11 is 0. The number of carbonyl (C=O) groups is 3. The molecule has 6 heteroatoms. The molecule has 1 heterocycles. The summed E-state index contributed by atoms with van der Waals surface area (Å²) in [6.45, 7) is 4.21. The first-order chi connectivity index (χ1) is 16.4. The van der Waals surface area contributed by atoms with Gasteiger partial charge in [-0.15, -0.1) is 0 Å². The van der Waals surface area contributed by atoms with Crippen LogP contribution in [-0.4, -0.2) is 41.8 Å². The van der Waals surface area contributed by atoms with E-state index in [0.29, 0.717) is 22.9 Å². The Morgan fingerprint density at radius 3 is 2.12 bits per heavy atom. The van der Waals surface area contributed by atoms with E-state index in [-0.39, 0.29) is 30.2 Å². The molecule has 1 unspecified atom stereocenters. The minimum atomic E-state index is -0.782. The number of ether oxygens (including phenoxy) is 1. The van der Waals surface area contributed by atoms with Gasteiger partial charge < -0.3 is 9.64 Å². The van der Waals surface area contributed by atoms with Crippen molar-refractivity contribution < 1.29 is 19.1 Å². The molecule has 0 N–H and O–H groups in total. The lowest BCUT2D eigenvalue weighted by Gasteiger charge is -2.35. The van der Waals surface area contributed by atoms with E-state index in [2.05, 4.69) is 13.8 Å². The standard InChI is InChI=1S/C28H34N2O4/c1-19(2)20-10-14-23(15-11-20)30-26(31)18-25(28(30)33)29(22-8-6-4-5-7-9-22)27(32)21-12-16-24(34-3)17-13-21/h10-17,19,22,25H,4-9,18H2,1-3H3. The van der Waals surface area contributed by atoms with Crippen LogP contribution in [0.15, 0.2) is 48.5 Å². The average molecular weight is 463 g/mol. The molecule has 4 rings (SSSR count). The molecule has 1 atom stereocenters. The Kier molecular flexibility index (Phi) is 7.35. The Hall–Kier alpha value is -3.15. The molecule has 2 aromatic rings. The van der Waals surface area contributed by atoms with Gasteiger partial charge in [0.1, 0.15) is 11.8 Å². The normalized spacial score (nSPS) is 19.4. The Bertz CT molecular complexity index is 1020. The van der Waals surface area contributed by atoms with Gasteiger partial charge >= 0.3 is 0 Å². The molecular weight excluding hydrogens is 428 g/mol. The average Bonchev–Trinajstić information content (AvgIpc) is 3.00. The van der Waals surface area contributed by atoms with Gasteiger partial charge in [0, 0.05) is 11.6 Å². The van der Waals surface area contributed by atoms with E-state index < -0.39 is 6.04 Å². The Labute approximate surface area is 201 Å². The third-order valence-corrected chi connectivity index (χ3v) is 7.07. The lowest BCUT2D eigenvalue weighted by atomic mass is 10.0. The van der Waals surface area contributed by atoms with Gasteiger partial charge in [-0.1, -0.05) is 51.7 Å². The van der Waals surface area contributed by atoms with E-state index in [1.807, 2.05) is 24.3 Å². The molecule has 0 bridgehead atoms. The number of carbonyl (C=O) groups excluding carboxylic acids is 3. The van der Waals surface area contributed by atoms with E-state index in [1.54, 1.807) is 36.3 Å². The van der Waals surface area contributed by atoms with Crippen LogP contribution >= 0.6 is 0 Å². The van der Waals surface area contributed by atoms with Crippen LogP contribution in [0.3, 0.4) is 0 Å². The molecule has 34 heavy (non-hydrogen) atoms. The third kappa shape index (κ3) is 4.86. The van der Waals surface area contributed by atoms with Crippen LogP contribution in [0, 0.1) is 0 Å². The van der Waals surface area contributed by atoms with Crippen LogP contribution in [-0.2, 0) is 9.59 Å². The molecule has 2 aromatic carbocycles. The van der Waals surface area contributed by atoms with Gasteiger partial charge in [0.2, 0.25) is 5.91 Å². The highest BCUT2D eigenvalue weighted by Gasteiger charge is 2.46. The predicted molar refractivity (Wildman–Crippen MR) is 132 cm³/mol. The predicted octanol–water partition coefficient (Wildman–Crippen LogP) is 5.32. The second kappa shape index (κ2) is 10.4. The summed E-state index contributed by atoms with van der Waals surface area (Å²) in [5, 5.41) is 0. The number of benzene rings is 2. The first kappa shape index (κ1) is 24.0. The molecule has 1 saturated heterocycles. The smallest absolute Gasteiger partial charge is 0.257 e.